The van der Waals surface area contributed by atoms with Gasteiger partial charge in [-0.1, -0.05) is 30.3 Å². The number of carbonyl (C=O) groups excluding carboxylic acids is 1. The van der Waals surface area contributed by atoms with Crippen LogP contribution in [0.2, 0.25) is 0 Å². The molecule has 1 heterocycles. The number of methoxy groups -OCH3 is 1. The molecule has 1 aliphatic carbocycles. The van der Waals surface area contributed by atoms with Gasteiger partial charge < -0.3 is 9.30 Å². The van der Waals surface area contributed by atoms with E-state index in [-0.39, 0.29) is 11.8 Å². The van der Waals surface area contributed by atoms with Crippen molar-refractivity contribution in [2.24, 2.45) is 18.1 Å². The van der Waals surface area contributed by atoms with Gasteiger partial charge in [-0.3, -0.25) is 4.79 Å². The minimum Gasteiger partial charge on any atom is -0.497 e. The zero-order chi connectivity index (χ0) is 19.0. The molecule has 0 aliphatic heterocycles. The van der Waals surface area contributed by atoms with Crippen LogP contribution in [0.1, 0.15) is 29.2 Å². The van der Waals surface area contributed by atoms with E-state index in [1.165, 1.54) is 5.56 Å². The maximum Gasteiger partial charge on any atom is 0.243 e. The van der Waals surface area contributed by atoms with E-state index in [0.717, 1.165) is 34.3 Å². The maximum atomic E-state index is 12.4. The SMILES string of the molecule is COc1ccc2c(c1)c(C=NNC(=O)[C@H]1C[C@@H]1c1ccccc1)c(C)n2C. The number of hydrogen-bond donors (Lipinski definition) is 1. The molecule has 1 aromatic heterocycles. The number of rotatable bonds is 5. The van der Waals surface area contributed by atoms with E-state index in [4.69, 9.17) is 4.74 Å². The number of benzene rings is 2. The molecule has 0 spiro atoms. The summed E-state index contributed by atoms with van der Waals surface area (Å²) >= 11 is 0. The molecular weight excluding hydrogens is 338 g/mol. The lowest BCUT2D eigenvalue weighted by molar-refractivity contribution is -0.122. The second-order valence-electron chi connectivity index (χ2n) is 7.03. The summed E-state index contributed by atoms with van der Waals surface area (Å²) in [5, 5.41) is 5.29. The third-order valence-corrected chi connectivity index (χ3v) is 5.47. The van der Waals surface area contributed by atoms with Crippen molar-refractivity contribution >= 4 is 23.0 Å². The molecule has 5 heteroatoms. The molecule has 1 aliphatic rings. The van der Waals surface area contributed by atoms with Crippen LogP contribution in [-0.4, -0.2) is 23.8 Å². The lowest BCUT2D eigenvalue weighted by Gasteiger charge is -2.01. The molecule has 1 amide bonds. The topological polar surface area (TPSA) is 55.6 Å². The predicted molar refractivity (Wildman–Crippen MR) is 107 cm³/mol. The van der Waals surface area contributed by atoms with Gasteiger partial charge in [-0.2, -0.15) is 5.10 Å². The van der Waals surface area contributed by atoms with Crippen LogP contribution in [0.5, 0.6) is 5.75 Å². The van der Waals surface area contributed by atoms with Crippen molar-refractivity contribution in [1.82, 2.24) is 9.99 Å². The van der Waals surface area contributed by atoms with Crippen molar-refractivity contribution in [3.05, 3.63) is 65.4 Å². The third-order valence-electron chi connectivity index (χ3n) is 5.47. The highest BCUT2D eigenvalue weighted by atomic mass is 16.5. The van der Waals surface area contributed by atoms with Crippen molar-refractivity contribution in [1.29, 1.82) is 0 Å². The Bertz CT molecular complexity index is 1020. The maximum absolute atomic E-state index is 12.4. The first-order valence-corrected chi connectivity index (χ1v) is 9.11. The largest absolute Gasteiger partial charge is 0.497 e. The molecule has 3 aromatic rings. The lowest BCUT2D eigenvalue weighted by Crippen LogP contribution is -2.20. The van der Waals surface area contributed by atoms with Crippen LogP contribution >= 0.6 is 0 Å². The lowest BCUT2D eigenvalue weighted by atomic mass is 10.1. The molecule has 1 N–H and O–H groups in total. The quantitative estimate of drug-likeness (QED) is 0.556. The van der Waals surface area contributed by atoms with Gasteiger partial charge in [0, 0.05) is 35.1 Å². The zero-order valence-corrected chi connectivity index (χ0v) is 15.8. The first-order chi connectivity index (χ1) is 13.1. The zero-order valence-electron chi connectivity index (χ0n) is 15.8. The van der Waals surface area contributed by atoms with E-state index < -0.39 is 0 Å². The highest BCUT2D eigenvalue weighted by molar-refractivity contribution is 6.02. The van der Waals surface area contributed by atoms with Crippen molar-refractivity contribution < 1.29 is 9.53 Å². The van der Waals surface area contributed by atoms with Crippen LogP contribution in [0.15, 0.2) is 53.6 Å². The fourth-order valence-electron chi connectivity index (χ4n) is 3.67. The van der Waals surface area contributed by atoms with Gasteiger partial charge in [0.05, 0.1) is 13.3 Å². The summed E-state index contributed by atoms with van der Waals surface area (Å²) in [5.41, 5.74) is 7.11. The molecule has 138 valence electrons. The molecule has 0 unspecified atom stereocenters. The van der Waals surface area contributed by atoms with E-state index >= 15 is 0 Å². The summed E-state index contributed by atoms with van der Waals surface area (Å²) in [4.78, 5) is 12.4. The molecule has 0 saturated heterocycles. The van der Waals surface area contributed by atoms with E-state index in [1.807, 2.05) is 50.4 Å². The average Bonchev–Trinajstić information content (AvgIpc) is 3.47. The smallest absolute Gasteiger partial charge is 0.243 e. The van der Waals surface area contributed by atoms with Crippen LogP contribution in [0.4, 0.5) is 0 Å². The van der Waals surface area contributed by atoms with Crippen molar-refractivity contribution in [2.75, 3.05) is 7.11 Å². The van der Waals surface area contributed by atoms with E-state index in [1.54, 1.807) is 13.3 Å². The van der Waals surface area contributed by atoms with Gasteiger partial charge in [-0.05, 0) is 43.0 Å². The minimum absolute atomic E-state index is 0.0123. The summed E-state index contributed by atoms with van der Waals surface area (Å²) in [6.45, 7) is 2.04. The van der Waals surface area contributed by atoms with Gasteiger partial charge in [-0.25, -0.2) is 5.43 Å². The van der Waals surface area contributed by atoms with E-state index in [0.29, 0.717) is 5.92 Å². The average molecular weight is 361 g/mol. The number of nitrogens with zero attached hydrogens (tertiary/aromatic N) is 2. The Kier molecular flexibility index (Phi) is 4.44. The molecule has 2 aromatic carbocycles. The number of hydrazone groups is 1. The number of carbonyl (C=O) groups is 1. The number of aryl methyl sites for hydroxylation is 1. The van der Waals surface area contributed by atoms with Gasteiger partial charge in [0.15, 0.2) is 0 Å². The Labute approximate surface area is 158 Å². The molecule has 4 rings (SSSR count). The Balaban J connectivity index is 1.49. The first-order valence-electron chi connectivity index (χ1n) is 9.11. The van der Waals surface area contributed by atoms with Gasteiger partial charge in [0.1, 0.15) is 5.75 Å². The highest BCUT2D eigenvalue weighted by Gasteiger charge is 2.43. The molecule has 0 radical (unpaired) electrons. The summed E-state index contributed by atoms with van der Waals surface area (Å²) in [6.07, 6.45) is 2.62. The fourth-order valence-corrected chi connectivity index (χ4v) is 3.67. The van der Waals surface area contributed by atoms with Gasteiger partial charge in [0.2, 0.25) is 5.91 Å². The molecule has 27 heavy (non-hydrogen) atoms. The molecule has 1 fully saturated rings. The van der Waals surface area contributed by atoms with Crippen molar-refractivity contribution in [3.8, 4) is 5.75 Å². The molecule has 0 bridgehead atoms. The summed E-state index contributed by atoms with van der Waals surface area (Å²) in [7, 11) is 3.68. The van der Waals surface area contributed by atoms with Crippen LogP contribution in [-0.2, 0) is 11.8 Å². The van der Waals surface area contributed by atoms with Crippen LogP contribution in [0, 0.1) is 12.8 Å². The Morgan fingerprint density at radius 2 is 2.04 bits per heavy atom. The second-order valence-corrected chi connectivity index (χ2v) is 7.03. The second kappa shape index (κ2) is 6.91. The van der Waals surface area contributed by atoms with Gasteiger partial charge in [0.25, 0.3) is 0 Å². The van der Waals surface area contributed by atoms with Crippen molar-refractivity contribution in [2.45, 2.75) is 19.3 Å². The predicted octanol–water partition coefficient (Wildman–Crippen LogP) is 3.75. The summed E-state index contributed by atoms with van der Waals surface area (Å²) in [5.74, 6) is 1.11. The monoisotopic (exact) mass is 361 g/mol. The van der Waals surface area contributed by atoms with E-state index in [2.05, 4.69) is 27.2 Å². The number of fused-ring (bicyclic) bond motifs is 1. The number of aromatic nitrogens is 1. The first kappa shape index (κ1) is 17.3. The molecule has 1 saturated carbocycles. The summed E-state index contributed by atoms with van der Waals surface area (Å²) < 4.78 is 7.45. The third kappa shape index (κ3) is 3.21. The molecule has 5 nitrogen and oxygen atoms in total. The number of ether oxygens (including phenoxy) is 1. The highest BCUT2D eigenvalue weighted by Crippen LogP contribution is 2.47. The van der Waals surface area contributed by atoms with Crippen LogP contribution in [0.3, 0.4) is 0 Å². The van der Waals surface area contributed by atoms with Crippen LogP contribution in [0.25, 0.3) is 10.9 Å². The minimum atomic E-state index is -0.0180. The van der Waals surface area contributed by atoms with Crippen molar-refractivity contribution in [3.63, 3.8) is 0 Å². The number of nitrogens with one attached hydrogen (secondary N) is 1. The van der Waals surface area contributed by atoms with Crippen LogP contribution < -0.4 is 10.2 Å². The van der Waals surface area contributed by atoms with E-state index in [9.17, 15) is 4.79 Å². The Morgan fingerprint density at radius 1 is 1.26 bits per heavy atom. The normalized spacial score (nSPS) is 18.8. The van der Waals surface area contributed by atoms with Gasteiger partial charge >= 0.3 is 0 Å². The summed E-state index contributed by atoms with van der Waals surface area (Å²) in [6, 6.07) is 16.1. The van der Waals surface area contributed by atoms with Gasteiger partial charge in [-0.15, -0.1) is 0 Å². The number of hydrogen-bond acceptors (Lipinski definition) is 3. The standard InChI is InChI=1S/C22H23N3O2/c1-14-20(18-11-16(27-3)9-10-21(18)25(14)2)13-23-24-22(26)19-12-17(19)15-7-5-4-6-8-15/h4-11,13,17,19H,12H2,1-3H3,(H,24,26)/t17-,19+/m1/s1. The number of amides is 1. The Morgan fingerprint density at radius 3 is 2.78 bits per heavy atom. The molecular formula is C22H23N3O2. The molecule has 2 atom stereocenters. The Hall–Kier alpha value is -3.08. The fraction of sp³-hybridized carbons (Fsp3) is 0.273.